The predicted octanol–water partition coefficient (Wildman–Crippen LogP) is 3.04. The first kappa shape index (κ1) is 12.4. The van der Waals surface area contributed by atoms with Crippen molar-refractivity contribution in [1.29, 1.82) is 0 Å². The highest BCUT2D eigenvalue weighted by Crippen LogP contribution is 2.43. The molecule has 0 saturated carbocycles. The fraction of sp³-hybridized carbons (Fsp3) is 0.667. The number of fused-ring (bicyclic) bond motifs is 1. The van der Waals surface area contributed by atoms with E-state index in [1.54, 1.807) is 0 Å². The normalized spacial score (nSPS) is 24.4. The second-order valence-electron chi connectivity index (χ2n) is 4.26. The molecule has 1 aliphatic rings. The van der Waals surface area contributed by atoms with E-state index >= 15 is 0 Å². The molecule has 2 nitrogen and oxygen atoms in total. The summed E-state index contributed by atoms with van der Waals surface area (Å²) in [6, 6.07) is 2.78. The molecule has 2 heterocycles. The van der Waals surface area contributed by atoms with Crippen LogP contribution in [0.3, 0.4) is 0 Å². The largest absolute Gasteiger partial charge is 0.396 e. The molecule has 1 aromatic heterocycles. The first-order chi connectivity index (χ1) is 7.81. The number of aliphatic hydroxyl groups is 1. The number of unbranched alkanes of at least 4 members (excludes halogenated alkanes) is 1. The zero-order chi connectivity index (χ0) is 11.4. The number of nitrogens with one attached hydrogen (secondary N) is 1. The molecule has 2 rings (SSSR count). The second kappa shape index (κ2) is 6.05. The van der Waals surface area contributed by atoms with Gasteiger partial charge in [0.05, 0.1) is 4.21 Å². The highest BCUT2D eigenvalue weighted by atomic mass is 32.2. The summed E-state index contributed by atoms with van der Waals surface area (Å²) >= 11 is 3.86. The van der Waals surface area contributed by atoms with Crippen molar-refractivity contribution in [3.8, 4) is 0 Å². The van der Waals surface area contributed by atoms with Gasteiger partial charge in [0.1, 0.15) is 0 Å². The highest BCUT2D eigenvalue weighted by Gasteiger charge is 2.25. The molecule has 90 valence electrons. The molecule has 1 unspecified atom stereocenters. The van der Waals surface area contributed by atoms with Crippen LogP contribution in [-0.2, 0) is 0 Å². The lowest BCUT2D eigenvalue weighted by atomic mass is 10.0. The van der Waals surface area contributed by atoms with E-state index in [1.807, 2.05) is 23.1 Å². The monoisotopic (exact) mass is 257 g/mol. The minimum atomic E-state index is 0.308. The Balaban J connectivity index is 1.90. The molecule has 0 fully saturated rings. The van der Waals surface area contributed by atoms with Crippen LogP contribution >= 0.6 is 23.1 Å². The van der Waals surface area contributed by atoms with Crippen LogP contribution < -0.4 is 5.32 Å². The quantitative estimate of drug-likeness (QED) is 0.795. The Labute approximate surface area is 105 Å². The van der Waals surface area contributed by atoms with Crippen molar-refractivity contribution in [2.45, 2.75) is 41.7 Å². The summed E-state index contributed by atoms with van der Waals surface area (Å²) in [5, 5.41) is 15.3. The molecular weight excluding hydrogens is 238 g/mol. The van der Waals surface area contributed by atoms with Crippen molar-refractivity contribution < 1.29 is 5.11 Å². The van der Waals surface area contributed by atoms with E-state index in [0.29, 0.717) is 17.9 Å². The van der Waals surface area contributed by atoms with Gasteiger partial charge in [0.2, 0.25) is 0 Å². The molecule has 0 saturated heterocycles. The van der Waals surface area contributed by atoms with Gasteiger partial charge in [0, 0.05) is 17.9 Å². The van der Waals surface area contributed by atoms with Crippen LogP contribution in [0, 0.1) is 0 Å². The Morgan fingerprint density at radius 2 is 2.38 bits per heavy atom. The standard InChI is InChI=1S/C12H19NOS2/c1-9-8-11(13-5-2-3-6-14)10-4-7-15-12(10)16-9/h4,7,9,11,13-14H,2-3,5-6,8H2,1H3/t9-,11?/m0/s1. The van der Waals surface area contributed by atoms with Gasteiger partial charge >= 0.3 is 0 Å². The van der Waals surface area contributed by atoms with Crippen LogP contribution in [0.15, 0.2) is 15.7 Å². The van der Waals surface area contributed by atoms with Crippen molar-refractivity contribution in [3.05, 3.63) is 17.0 Å². The van der Waals surface area contributed by atoms with Crippen LogP contribution in [0.1, 0.15) is 37.8 Å². The van der Waals surface area contributed by atoms with Crippen LogP contribution in [0.4, 0.5) is 0 Å². The summed E-state index contributed by atoms with van der Waals surface area (Å²) in [4.78, 5) is 0. The molecule has 1 aromatic rings. The van der Waals surface area contributed by atoms with Crippen molar-refractivity contribution in [1.82, 2.24) is 5.32 Å². The second-order valence-corrected chi connectivity index (χ2v) is 6.89. The molecular formula is C12H19NOS2. The molecule has 0 spiro atoms. The van der Waals surface area contributed by atoms with E-state index in [1.165, 1.54) is 16.2 Å². The number of hydrogen-bond donors (Lipinski definition) is 2. The van der Waals surface area contributed by atoms with Gasteiger partial charge in [-0.05, 0) is 42.8 Å². The molecule has 1 aliphatic heterocycles. The lowest BCUT2D eigenvalue weighted by molar-refractivity contribution is 0.282. The Morgan fingerprint density at radius 1 is 1.50 bits per heavy atom. The van der Waals surface area contributed by atoms with Crippen molar-refractivity contribution in [3.63, 3.8) is 0 Å². The lowest BCUT2D eigenvalue weighted by Gasteiger charge is -2.27. The molecule has 2 atom stereocenters. The van der Waals surface area contributed by atoms with Gasteiger partial charge in [-0.15, -0.1) is 23.1 Å². The first-order valence-corrected chi connectivity index (χ1v) is 7.65. The Hall–Kier alpha value is -0.0300. The van der Waals surface area contributed by atoms with Gasteiger partial charge in [0.25, 0.3) is 0 Å². The third-order valence-corrected chi connectivity index (χ3v) is 5.23. The average Bonchev–Trinajstić information content (AvgIpc) is 2.72. The summed E-state index contributed by atoms with van der Waals surface area (Å²) in [6.45, 7) is 3.62. The van der Waals surface area contributed by atoms with E-state index in [9.17, 15) is 0 Å². The SMILES string of the molecule is C[C@H]1CC(NCCCCO)c2ccsc2S1. The van der Waals surface area contributed by atoms with Crippen molar-refractivity contribution >= 4 is 23.1 Å². The third-order valence-electron chi connectivity index (χ3n) is 2.89. The summed E-state index contributed by atoms with van der Waals surface area (Å²) in [5.74, 6) is 0. The summed E-state index contributed by atoms with van der Waals surface area (Å²) in [5.41, 5.74) is 1.48. The maximum Gasteiger partial charge on any atom is 0.0649 e. The van der Waals surface area contributed by atoms with Crippen LogP contribution in [0.5, 0.6) is 0 Å². The molecule has 0 aromatic carbocycles. The number of rotatable bonds is 5. The van der Waals surface area contributed by atoms with Crippen molar-refractivity contribution in [2.24, 2.45) is 0 Å². The van der Waals surface area contributed by atoms with E-state index < -0.39 is 0 Å². The zero-order valence-corrected chi connectivity index (χ0v) is 11.2. The number of aliphatic hydroxyl groups excluding tert-OH is 1. The topological polar surface area (TPSA) is 32.3 Å². The molecule has 2 N–H and O–H groups in total. The smallest absolute Gasteiger partial charge is 0.0649 e. The maximum absolute atomic E-state index is 8.74. The van der Waals surface area contributed by atoms with Gasteiger partial charge in [-0.3, -0.25) is 0 Å². The number of hydrogen-bond acceptors (Lipinski definition) is 4. The van der Waals surface area contributed by atoms with E-state index in [4.69, 9.17) is 5.11 Å². The fourth-order valence-corrected chi connectivity index (χ4v) is 4.62. The van der Waals surface area contributed by atoms with Crippen LogP contribution in [0.25, 0.3) is 0 Å². The molecule has 0 aliphatic carbocycles. The Kier molecular flexibility index (Phi) is 4.70. The predicted molar refractivity (Wildman–Crippen MR) is 71.3 cm³/mol. The van der Waals surface area contributed by atoms with E-state index in [-0.39, 0.29) is 0 Å². The molecule has 16 heavy (non-hydrogen) atoms. The van der Waals surface area contributed by atoms with Gasteiger partial charge < -0.3 is 10.4 Å². The van der Waals surface area contributed by atoms with E-state index in [2.05, 4.69) is 23.7 Å². The first-order valence-electron chi connectivity index (χ1n) is 5.89. The van der Waals surface area contributed by atoms with Gasteiger partial charge in [0.15, 0.2) is 0 Å². The fourth-order valence-electron chi connectivity index (χ4n) is 2.06. The Morgan fingerprint density at radius 3 is 3.19 bits per heavy atom. The zero-order valence-electron chi connectivity index (χ0n) is 9.61. The molecule has 0 amide bonds. The summed E-state index contributed by atoms with van der Waals surface area (Å²) in [7, 11) is 0. The number of thioether (sulfide) groups is 1. The summed E-state index contributed by atoms with van der Waals surface area (Å²) in [6.07, 6.45) is 3.18. The minimum absolute atomic E-state index is 0.308. The molecule has 0 bridgehead atoms. The average molecular weight is 257 g/mol. The Bertz CT molecular complexity index is 327. The number of thiophene rings is 1. The van der Waals surface area contributed by atoms with Crippen molar-refractivity contribution in [2.75, 3.05) is 13.2 Å². The minimum Gasteiger partial charge on any atom is -0.396 e. The maximum atomic E-state index is 8.74. The van der Waals surface area contributed by atoms with Crippen LogP contribution in [0.2, 0.25) is 0 Å². The van der Waals surface area contributed by atoms with Gasteiger partial charge in [-0.25, -0.2) is 0 Å². The lowest BCUT2D eigenvalue weighted by Crippen LogP contribution is -2.27. The summed E-state index contributed by atoms with van der Waals surface area (Å²) < 4.78 is 1.48. The highest BCUT2D eigenvalue weighted by molar-refractivity contribution is 8.01. The van der Waals surface area contributed by atoms with Gasteiger partial charge in [-0.1, -0.05) is 6.92 Å². The van der Waals surface area contributed by atoms with E-state index in [0.717, 1.165) is 19.4 Å². The molecule has 4 heteroatoms. The van der Waals surface area contributed by atoms with Gasteiger partial charge in [-0.2, -0.15) is 0 Å². The third kappa shape index (κ3) is 3.00. The molecule has 0 radical (unpaired) electrons. The van der Waals surface area contributed by atoms with Crippen LogP contribution in [-0.4, -0.2) is 23.5 Å².